The first kappa shape index (κ1) is 16.0. The van der Waals surface area contributed by atoms with Crippen LogP contribution in [0.2, 0.25) is 0 Å². The fraction of sp³-hybridized carbons (Fsp3) is 0.200. The van der Waals surface area contributed by atoms with Gasteiger partial charge in [0.25, 0.3) is 5.91 Å². The summed E-state index contributed by atoms with van der Waals surface area (Å²) in [6.45, 7) is 3.85. The fourth-order valence-corrected chi connectivity index (χ4v) is 2.68. The van der Waals surface area contributed by atoms with Gasteiger partial charge in [0.05, 0.1) is 17.0 Å². The van der Waals surface area contributed by atoms with Gasteiger partial charge in [-0.3, -0.25) is 4.79 Å². The summed E-state index contributed by atoms with van der Waals surface area (Å²) in [7, 11) is 4.01. The first-order chi connectivity index (χ1) is 11.5. The molecular weight excluding hydrogens is 298 g/mol. The number of para-hydroxylation sites is 1. The number of amides is 1. The van der Waals surface area contributed by atoms with Crippen LogP contribution in [0.1, 0.15) is 18.1 Å². The molecule has 24 heavy (non-hydrogen) atoms. The standard InChI is InChI=1S/C20H21N3O/c1-14-7-5-6-8-19(14)23-20(24)18(15(2)21-23)13-16-9-11-17(12-10-16)22(3)4/h5-13H,1-4H3. The molecule has 0 atom stereocenters. The van der Waals surface area contributed by atoms with Crippen molar-refractivity contribution in [2.24, 2.45) is 5.10 Å². The highest BCUT2D eigenvalue weighted by atomic mass is 16.2. The molecule has 0 N–H and O–H groups in total. The van der Waals surface area contributed by atoms with Crippen LogP contribution in [0.5, 0.6) is 0 Å². The number of hydrogen-bond acceptors (Lipinski definition) is 3. The monoisotopic (exact) mass is 319 g/mol. The van der Waals surface area contributed by atoms with Gasteiger partial charge in [0.15, 0.2) is 0 Å². The number of benzene rings is 2. The van der Waals surface area contributed by atoms with E-state index in [0.717, 1.165) is 28.2 Å². The minimum atomic E-state index is -0.0847. The molecule has 3 rings (SSSR count). The largest absolute Gasteiger partial charge is 0.378 e. The van der Waals surface area contributed by atoms with E-state index in [9.17, 15) is 4.79 Å². The van der Waals surface area contributed by atoms with Crippen molar-refractivity contribution in [3.8, 4) is 0 Å². The van der Waals surface area contributed by atoms with Gasteiger partial charge < -0.3 is 4.90 Å². The molecule has 0 unspecified atom stereocenters. The second kappa shape index (κ2) is 6.32. The van der Waals surface area contributed by atoms with Crippen molar-refractivity contribution in [3.05, 3.63) is 65.2 Å². The average molecular weight is 319 g/mol. The number of anilines is 2. The van der Waals surface area contributed by atoms with E-state index in [1.54, 1.807) is 0 Å². The van der Waals surface area contributed by atoms with Crippen molar-refractivity contribution in [1.29, 1.82) is 0 Å². The lowest BCUT2D eigenvalue weighted by Crippen LogP contribution is -2.22. The highest BCUT2D eigenvalue weighted by molar-refractivity contribution is 6.32. The third-order valence-corrected chi connectivity index (χ3v) is 4.13. The number of hydrogen-bond donors (Lipinski definition) is 0. The summed E-state index contributed by atoms with van der Waals surface area (Å²) in [5.41, 5.74) is 5.34. The number of carbonyl (C=O) groups is 1. The third-order valence-electron chi connectivity index (χ3n) is 4.13. The molecule has 0 fully saturated rings. The molecule has 0 spiro atoms. The molecule has 1 aliphatic heterocycles. The normalized spacial score (nSPS) is 15.8. The Morgan fingerprint density at radius 3 is 2.29 bits per heavy atom. The maximum atomic E-state index is 12.8. The van der Waals surface area contributed by atoms with Gasteiger partial charge in [-0.2, -0.15) is 10.1 Å². The van der Waals surface area contributed by atoms with Crippen LogP contribution in [0.25, 0.3) is 6.08 Å². The SMILES string of the molecule is CC1=NN(c2ccccc2C)C(=O)C1=Cc1ccc(N(C)C)cc1. The molecular formula is C20H21N3O. The molecule has 0 saturated carbocycles. The Kier molecular flexibility index (Phi) is 4.21. The van der Waals surface area contributed by atoms with E-state index in [4.69, 9.17) is 0 Å². The summed E-state index contributed by atoms with van der Waals surface area (Å²) in [5.74, 6) is -0.0847. The van der Waals surface area contributed by atoms with Crippen LogP contribution >= 0.6 is 0 Å². The zero-order valence-corrected chi connectivity index (χ0v) is 14.4. The molecule has 0 aromatic heterocycles. The molecule has 1 amide bonds. The van der Waals surface area contributed by atoms with Crippen molar-refractivity contribution < 1.29 is 4.79 Å². The number of carbonyl (C=O) groups excluding carboxylic acids is 1. The third kappa shape index (κ3) is 2.95. The van der Waals surface area contributed by atoms with Gasteiger partial charge in [0, 0.05) is 19.8 Å². The van der Waals surface area contributed by atoms with Gasteiger partial charge in [-0.25, -0.2) is 0 Å². The molecule has 0 aliphatic carbocycles. The van der Waals surface area contributed by atoms with Gasteiger partial charge >= 0.3 is 0 Å². The first-order valence-electron chi connectivity index (χ1n) is 7.92. The summed E-state index contributed by atoms with van der Waals surface area (Å²) in [4.78, 5) is 14.8. The van der Waals surface area contributed by atoms with E-state index in [-0.39, 0.29) is 5.91 Å². The Bertz CT molecular complexity index is 832. The maximum Gasteiger partial charge on any atom is 0.280 e. The zero-order chi connectivity index (χ0) is 17.3. The number of hydrazone groups is 1. The minimum Gasteiger partial charge on any atom is -0.378 e. The van der Waals surface area contributed by atoms with Crippen LogP contribution in [0.3, 0.4) is 0 Å². The molecule has 1 heterocycles. The zero-order valence-electron chi connectivity index (χ0n) is 14.4. The van der Waals surface area contributed by atoms with E-state index in [2.05, 4.69) is 5.10 Å². The van der Waals surface area contributed by atoms with Gasteiger partial charge in [0.1, 0.15) is 0 Å². The van der Waals surface area contributed by atoms with E-state index >= 15 is 0 Å². The van der Waals surface area contributed by atoms with Gasteiger partial charge in [-0.1, -0.05) is 30.3 Å². The van der Waals surface area contributed by atoms with Gasteiger partial charge in [-0.15, -0.1) is 0 Å². The summed E-state index contributed by atoms with van der Waals surface area (Å²) in [6, 6.07) is 15.9. The van der Waals surface area contributed by atoms with Crippen LogP contribution in [0, 0.1) is 6.92 Å². The molecule has 4 heteroatoms. The maximum absolute atomic E-state index is 12.8. The molecule has 0 saturated heterocycles. The Morgan fingerprint density at radius 1 is 1.00 bits per heavy atom. The van der Waals surface area contributed by atoms with Crippen molar-refractivity contribution in [3.63, 3.8) is 0 Å². The topological polar surface area (TPSA) is 35.9 Å². The molecule has 122 valence electrons. The number of nitrogens with zero attached hydrogens (tertiary/aromatic N) is 3. The molecule has 4 nitrogen and oxygen atoms in total. The van der Waals surface area contributed by atoms with E-state index in [1.165, 1.54) is 5.01 Å². The van der Waals surface area contributed by atoms with Gasteiger partial charge in [0.2, 0.25) is 0 Å². The summed E-state index contributed by atoms with van der Waals surface area (Å²) >= 11 is 0. The van der Waals surface area contributed by atoms with E-state index in [0.29, 0.717) is 5.57 Å². The highest BCUT2D eigenvalue weighted by Gasteiger charge is 2.29. The lowest BCUT2D eigenvalue weighted by atomic mass is 10.1. The second-order valence-corrected chi connectivity index (χ2v) is 6.13. The van der Waals surface area contributed by atoms with Gasteiger partial charge in [-0.05, 0) is 49.2 Å². The van der Waals surface area contributed by atoms with Crippen molar-refractivity contribution >= 4 is 29.1 Å². The second-order valence-electron chi connectivity index (χ2n) is 6.13. The predicted molar refractivity (Wildman–Crippen MR) is 101 cm³/mol. The van der Waals surface area contributed by atoms with Crippen molar-refractivity contribution in [2.45, 2.75) is 13.8 Å². The van der Waals surface area contributed by atoms with Crippen molar-refractivity contribution in [1.82, 2.24) is 0 Å². The Morgan fingerprint density at radius 2 is 1.67 bits per heavy atom. The Balaban J connectivity index is 1.91. The lowest BCUT2D eigenvalue weighted by Gasteiger charge is -2.14. The van der Waals surface area contributed by atoms with Crippen LogP contribution < -0.4 is 9.91 Å². The molecule has 2 aromatic carbocycles. The van der Waals surface area contributed by atoms with Crippen LogP contribution in [0.4, 0.5) is 11.4 Å². The van der Waals surface area contributed by atoms with Crippen LogP contribution in [-0.2, 0) is 4.79 Å². The molecule has 1 aliphatic rings. The molecule has 0 bridgehead atoms. The summed E-state index contributed by atoms with van der Waals surface area (Å²) in [5, 5.41) is 5.94. The molecule has 2 aromatic rings. The quantitative estimate of drug-likeness (QED) is 0.805. The smallest absolute Gasteiger partial charge is 0.280 e. The van der Waals surface area contributed by atoms with E-state index in [1.807, 2.05) is 87.4 Å². The van der Waals surface area contributed by atoms with Crippen molar-refractivity contribution in [2.75, 3.05) is 24.0 Å². The number of rotatable bonds is 3. The average Bonchev–Trinajstić information content (AvgIpc) is 2.84. The minimum absolute atomic E-state index is 0.0847. The van der Waals surface area contributed by atoms with E-state index < -0.39 is 0 Å². The Labute approximate surface area is 142 Å². The first-order valence-corrected chi connectivity index (χ1v) is 7.92. The highest BCUT2D eigenvalue weighted by Crippen LogP contribution is 2.27. The summed E-state index contributed by atoms with van der Waals surface area (Å²) < 4.78 is 0. The number of aryl methyl sites for hydroxylation is 1. The summed E-state index contributed by atoms with van der Waals surface area (Å²) in [6.07, 6.45) is 1.90. The fourth-order valence-electron chi connectivity index (χ4n) is 2.68. The van der Waals surface area contributed by atoms with Crippen LogP contribution in [-0.4, -0.2) is 25.7 Å². The van der Waals surface area contributed by atoms with Crippen LogP contribution in [0.15, 0.2) is 59.2 Å². The predicted octanol–water partition coefficient (Wildman–Crippen LogP) is 3.87. The Hall–Kier alpha value is -2.88. The lowest BCUT2D eigenvalue weighted by molar-refractivity contribution is -0.114. The molecule has 0 radical (unpaired) electrons.